The van der Waals surface area contributed by atoms with Gasteiger partial charge in [-0.15, -0.1) is 0 Å². The fourth-order valence-corrected chi connectivity index (χ4v) is 4.85. The van der Waals surface area contributed by atoms with Gasteiger partial charge in [0.05, 0.1) is 42.2 Å². The van der Waals surface area contributed by atoms with Gasteiger partial charge in [-0.05, 0) is 55.6 Å². The fourth-order valence-electron chi connectivity index (χ4n) is 4.68. The van der Waals surface area contributed by atoms with E-state index in [-0.39, 0.29) is 17.2 Å². The molecule has 0 spiro atoms. The number of ether oxygens (including phenoxy) is 1. The second-order valence-electron chi connectivity index (χ2n) is 9.31. The van der Waals surface area contributed by atoms with Gasteiger partial charge in [0.15, 0.2) is 0 Å². The van der Waals surface area contributed by atoms with Gasteiger partial charge in [0.1, 0.15) is 11.8 Å². The van der Waals surface area contributed by atoms with Gasteiger partial charge in [-0.2, -0.15) is 10.4 Å². The maximum Gasteiger partial charge on any atom is 0.252 e. The second kappa shape index (κ2) is 12.0. The minimum absolute atomic E-state index is 0.207. The van der Waals surface area contributed by atoms with Crippen LogP contribution in [-0.4, -0.2) is 39.7 Å². The number of halogens is 1. The lowest BCUT2D eigenvalue weighted by Gasteiger charge is -2.26. The predicted molar refractivity (Wildman–Crippen MR) is 151 cm³/mol. The number of carbonyl (C=O) groups excluding carboxylic acids is 2. The van der Waals surface area contributed by atoms with Crippen LogP contribution < -0.4 is 27.1 Å². The smallest absolute Gasteiger partial charge is 0.252 e. The Balaban J connectivity index is 1.78. The van der Waals surface area contributed by atoms with Gasteiger partial charge in [-0.1, -0.05) is 18.5 Å². The van der Waals surface area contributed by atoms with E-state index in [0.717, 1.165) is 0 Å². The van der Waals surface area contributed by atoms with Crippen LogP contribution in [-0.2, 0) is 4.79 Å². The van der Waals surface area contributed by atoms with Gasteiger partial charge in [-0.3, -0.25) is 19.0 Å². The molecule has 3 aromatic heterocycles. The maximum absolute atomic E-state index is 13.7. The molecule has 0 radical (unpaired) electrons. The molecular weight excluding hydrogens is 534 g/mol. The molecule has 0 aliphatic heterocycles. The molecule has 2 atom stereocenters. The summed E-state index contributed by atoms with van der Waals surface area (Å²) in [6.45, 7) is 2.29. The standard InChI is InChI=1S/C28H28ClN7O4/c1-16(4-3-8-30)26(28(39)34-19-7-9-36-23(11-19)22(14-33-36)27(32)38)35-15-24(40-2)21(12-25(35)37)20-10-18(29)6-5-17(20)13-31/h5-7,9-12,14-16,26H,3-4,8,30H2,1-2H3,(H2,32,38)(H,34,39)/t16?,26-/m0/s1. The van der Waals surface area contributed by atoms with Gasteiger partial charge >= 0.3 is 0 Å². The third-order valence-electron chi connectivity index (χ3n) is 6.68. The number of nitrogens with zero attached hydrogens (tertiary/aromatic N) is 4. The average molecular weight is 562 g/mol. The summed E-state index contributed by atoms with van der Waals surface area (Å²) in [6, 6.07) is 10.4. The molecular formula is C28H28ClN7O4. The molecule has 12 heteroatoms. The van der Waals surface area contributed by atoms with Crippen molar-refractivity contribution in [3.8, 4) is 22.9 Å². The Hall–Kier alpha value is -4.66. The number of hydrogen-bond donors (Lipinski definition) is 3. The normalized spacial score (nSPS) is 12.5. The van der Waals surface area contributed by atoms with Crippen LogP contribution >= 0.6 is 11.6 Å². The van der Waals surface area contributed by atoms with E-state index < -0.39 is 23.4 Å². The van der Waals surface area contributed by atoms with Crippen LogP contribution in [0.15, 0.2) is 59.8 Å². The molecule has 0 fully saturated rings. The number of amides is 2. The van der Waals surface area contributed by atoms with Gasteiger partial charge < -0.3 is 21.5 Å². The van der Waals surface area contributed by atoms with E-state index in [1.54, 1.807) is 36.5 Å². The average Bonchev–Trinajstić information content (AvgIpc) is 3.36. The molecule has 0 saturated heterocycles. The zero-order valence-corrected chi connectivity index (χ0v) is 22.7. The number of anilines is 1. The van der Waals surface area contributed by atoms with E-state index >= 15 is 0 Å². The summed E-state index contributed by atoms with van der Waals surface area (Å²) in [6.07, 6.45) is 5.63. The van der Waals surface area contributed by atoms with Gasteiger partial charge in [0, 0.05) is 34.1 Å². The lowest BCUT2D eigenvalue weighted by molar-refractivity contribution is -0.120. The molecule has 2 amide bonds. The van der Waals surface area contributed by atoms with Crippen molar-refractivity contribution in [1.82, 2.24) is 14.2 Å². The molecule has 0 bridgehead atoms. The van der Waals surface area contributed by atoms with Crippen molar-refractivity contribution in [1.29, 1.82) is 5.26 Å². The molecule has 1 unspecified atom stereocenters. The van der Waals surface area contributed by atoms with Crippen LogP contribution in [0.25, 0.3) is 16.6 Å². The highest BCUT2D eigenvalue weighted by Gasteiger charge is 2.29. The number of nitriles is 1. The van der Waals surface area contributed by atoms with Crippen molar-refractivity contribution < 1.29 is 14.3 Å². The summed E-state index contributed by atoms with van der Waals surface area (Å²) in [7, 11) is 1.44. The fraction of sp³-hybridized carbons (Fsp3) is 0.250. The number of primary amides is 1. The van der Waals surface area contributed by atoms with E-state index in [1.807, 2.05) is 6.92 Å². The minimum atomic E-state index is -0.937. The monoisotopic (exact) mass is 561 g/mol. The Kier molecular flexibility index (Phi) is 8.52. The number of benzene rings is 1. The van der Waals surface area contributed by atoms with Crippen molar-refractivity contribution in [2.75, 3.05) is 19.0 Å². The van der Waals surface area contributed by atoms with Crippen LogP contribution in [0.2, 0.25) is 5.02 Å². The van der Waals surface area contributed by atoms with Crippen molar-refractivity contribution in [3.05, 3.63) is 81.5 Å². The highest BCUT2D eigenvalue weighted by molar-refractivity contribution is 6.31. The molecule has 0 aliphatic carbocycles. The Labute approximate surface area is 234 Å². The summed E-state index contributed by atoms with van der Waals surface area (Å²) < 4.78 is 8.39. The van der Waals surface area contributed by atoms with Crippen molar-refractivity contribution in [3.63, 3.8) is 0 Å². The van der Waals surface area contributed by atoms with Gasteiger partial charge in [-0.25, -0.2) is 4.52 Å². The largest absolute Gasteiger partial charge is 0.495 e. The molecule has 4 aromatic rings. The first-order chi connectivity index (χ1) is 19.2. The third kappa shape index (κ3) is 5.68. The molecule has 11 nitrogen and oxygen atoms in total. The summed E-state index contributed by atoms with van der Waals surface area (Å²) >= 11 is 6.18. The first-order valence-electron chi connectivity index (χ1n) is 12.5. The minimum Gasteiger partial charge on any atom is -0.495 e. The lowest BCUT2D eigenvalue weighted by Crippen LogP contribution is -2.37. The van der Waals surface area contributed by atoms with E-state index in [9.17, 15) is 19.6 Å². The molecule has 1 aromatic carbocycles. The summed E-state index contributed by atoms with van der Waals surface area (Å²) in [5.41, 5.74) is 12.9. The molecule has 4 rings (SSSR count). The number of hydrogen-bond acceptors (Lipinski definition) is 7. The van der Waals surface area contributed by atoms with E-state index in [2.05, 4.69) is 16.5 Å². The molecule has 5 N–H and O–H groups in total. The number of aromatic nitrogens is 3. The Morgan fingerprint density at radius 2 is 2.00 bits per heavy atom. The molecule has 3 heterocycles. The molecule has 206 valence electrons. The van der Waals surface area contributed by atoms with Crippen molar-refractivity contribution in [2.45, 2.75) is 25.8 Å². The van der Waals surface area contributed by atoms with E-state index in [0.29, 0.717) is 52.3 Å². The number of fused-ring (bicyclic) bond motifs is 1. The predicted octanol–water partition coefficient (Wildman–Crippen LogP) is 3.35. The Bertz CT molecular complexity index is 1690. The first kappa shape index (κ1) is 28.4. The number of carbonyl (C=O) groups is 2. The van der Waals surface area contributed by atoms with Crippen LogP contribution in [0, 0.1) is 17.2 Å². The summed E-state index contributed by atoms with van der Waals surface area (Å²) in [5.74, 6) is -1.11. The summed E-state index contributed by atoms with van der Waals surface area (Å²) in [5, 5.41) is 16.9. The number of nitrogens with two attached hydrogens (primary N) is 2. The zero-order chi connectivity index (χ0) is 29.0. The Morgan fingerprint density at radius 1 is 1.23 bits per heavy atom. The highest BCUT2D eigenvalue weighted by atomic mass is 35.5. The van der Waals surface area contributed by atoms with Crippen LogP contribution in [0.5, 0.6) is 5.75 Å². The third-order valence-corrected chi connectivity index (χ3v) is 6.92. The number of nitrogens with one attached hydrogen (secondary N) is 1. The van der Waals surface area contributed by atoms with Crippen molar-refractivity contribution >= 4 is 34.6 Å². The van der Waals surface area contributed by atoms with E-state index in [4.69, 9.17) is 27.8 Å². The molecule has 0 saturated carbocycles. The number of methoxy groups -OCH3 is 1. The van der Waals surface area contributed by atoms with Crippen LogP contribution in [0.1, 0.15) is 41.7 Å². The second-order valence-corrected chi connectivity index (χ2v) is 9.75. The summed E-state index contributed by atoms with van der Waals surface area (Å²) in [4.78, 5) is 39.0. The van der Waals surface area contributed by atoms with Crippen molar-refractivity contribution in [2.24, 2.45) is 17.4 Å². The maximum atomic E-state index is 13.7. The molecule has 40 heavy (non-hydrogen) atoms. The van der Waals surface area contributed by atoms with Gasteiger partial charge in [0.25, 0.3) is 11.5 Å². The van der Waals surface area contributed by atoms with E-state index in [1.165, 1.54) is 34.7 Å². The first-order valence-corrected chi connectivity index (χ1v) is 12.8. The molecule has 0 aliphatic rings. The SMILES string of the molecule is COc1cn([C@H](C(=O)Nc2ccn3ncc(C(N)=O)c3c2)C(C)CCCN)c(=O)cc1-c1cc(Cl)ccc1C#N. The van der Waals surface area contributed by atoms with Crippen LogP contribution in [0.4, 0.5) is 5.69 Å². The quantitative estimate of drug-likeness (QED) is 0.266. The zero-order valence-electron chi connectivity index (χ0n) is 21.9. The lowest BCUT2D eigenvalue weighted by atomic mass is 9.94. The highest BCUT2D eigenvalue weighted by Crippen LogP contribution is 2.34. The Morgan fingerprint density at radius 3 is 2.67 bits per heavy atom. The number of rotatable bonds is 10. The topological polar surface area (TPSA) is 171 Å². The van der Waals surface area contributed by atoms with Gasteiger partial charge in [0.2, 0.25) is 5.91 Å². The number of pyridine rings is 2. The van der Waals surface area contributed by atoms with Crippen LogP contribution in [0.3, 0.4) is 0 Å².